The number of fused-ring (bicyclic) bond motifs is 1. The molecular weight excluding hydrogens is 384 g/mol. The van der Waals surface area contributed by atoms with E-state index in [1.54, 1.807) is 6.92 Å². The number of aliphatic hydroxyl groups is 2. The van der Waals surface area contributed by atoms with Crippen LogP contribution in [0.5, 0.6) is 0 Å². The molecule has 4 rings (SSSR count). The molecule has 0 spiro atoms. The Bertz CT molecular complexity index is 1020. The molecular formula is C27H34N2O2. The summed E-state index contributed by atoms with van der Waals surface area (Å²) >= 11 is 0. The molecule has 4 heteroatoms. The van der Waals surface area contributed by atoms with Gasteiger partial charge in [-0.25, -0.2) is 4.99 Å². The van der Waals surface area contributed by atoms with E-state index >= 15 is 0 Å². The second-order valence-corrected chi connectivity index (χ2v) is 9.45. The maximum Gasteiger partial charge on any atom is 0.166 e. The number of amidine groups is 1. The van der Waals surface area contributed by atoms with Gasteiger partial charge in [-0.1, -0.05) is 61.9 Å². The molecule has 2 atom stereocenters. The van der Waals surface area contributed by atoms with E-state index in [4.69, 9.17) is 4.99 Å². The summed E-state index contributed by atoms with van der Waals surface area (Å²) in [5.74, 6) is 0.796. The summed E-state index contributed by atoms with van der Waals surface area (Å²) in [6.07, 6.45) is 3.90. The number of hydrogen-bond donors (Lipinski definition) is 2. The van der Waals surface area contributed by atoms with Crippen molar-refractivity contribution in [1.82, 2.24) is 4.90 Å². The molecule has 2 heterocycles. The van der Waals surface area contributed by atoms with E-state index in [9.17, 15) is 10.2 Å². The van der Waals surface area contributed by atoms with Crippen molar-refractivity contribution >= 4 is 5.84 Å². The van der Waals surface area contributed by atoms with E-state index in [1.165, 1.54) is 16.7 Å². The molecule has 0 saturated carbocycles. The molecule has 1 saturated heterocycles. The highest BCUT2D eigenvalue weighted by Crippen LogP contribution is 2.45. The highest BCUT2D eigenvalue weighted by Gasteiger charge is 2.54. The number of nitrogens with zero attached hydrogens (tertiary/aromatic N) is 2. The van der Waals surface area contributed by atoms with Crippen LogP contribution in [0.1, 0.15) is 57.6 Å². The second-order valence-electron chi connectivity index (χ2n) is 9.45. The molecule has 0 aliphatic carbocycles. The lowest BCUT2D eigenvalue weighted by Gasteiger charge is -2.41. The van der Waals surface area contributed by atoms with E-state index < -0.39 is 11.3 Å². The standard InChI is InChI=1S/C27H34N2O2/c1-5-6-11-25-24(27(31)17-26(4,30)18-29(27)20(3)28-25)16-21-12-14-22(15-13-21)23-10-8-7-9-19(23)2/h7-10,12-15,30-31H,5-6,11,16-18H2,1-4H3. The van der Waals surface area contributed by atoms with Crippen LogP contribution in [0, 0.1) is 6.92 Å². The van der Waals surface area contributed by atoms with Gasteiger partial charge in [-0.3, -0.25) is 0 Å². The van der Waals surface area contributed by atoms with Gasteiger partial charge in [-0.2, -0.15) is 0 Å². The lowest BCUT2D eigenvalue weighted by molar-refractivity contribution is -0.0220. The first kappa shape index (κ1) is 21.8. The zero-order valence-electron chi connectivity index (χ0n) is 19.2. The molecule has 164 valence electrons. The number of hydrogen-bond acceptors (Lipinski definition) is 4. The van der Waals surface area contributed by atoms with Crippen LogP contribution in [-0.4, -0.2) is 38.8 Å². The SMILES string of the molecule is CCCCC1=C(Cc2ccc(-c3ccccc3C)cc2)C2(O)CC(C)(O)CN2C(C)=N1. The number of aryl methyl sites for hydroxylation is 1. The molecule has 0 amide bonds. The molecule has 0 radical (unpaired) electrons. The fraction of sp³-hybridized carbons (Fsp3) is 0.444. The van der Waals surface area contributed by atoms with Crippen LogP contribution in [0.2, 0.25) is 0 Å². The van der Waals surface area contributed by atoms with Crippen molar-refractivity contribution in [3.05, 3.63) is 70.9 Å². The van der Waals surface area contributed by atoms with E-state index in [0.29, 0.717) is 19.4 Å². The minimum atomic E-state index is -1.17. The highest BCUT2D eigenvalue weighted by atomic mass is 16.3. The Morgan fingerprint density at radius 2 is 1.74 bits per heavy atom. The van der Waals surface area contributed by atoms with Crippen LogP contribution >= 0.6 is 0 Å². The first-order valence-electron chi connectivity index (χ1n) is 11.4. The van der Waals surface area contributed by atoms with Gasteiger partial charge < -0.3 is 15.1 Å². The second kappa shape index (κ2) is 8.25. The largest absolute Gasteiger partial charge is 0.388 e. The van der Waals surface area contributed by atoms with Crippen molar-refractivity contribution in [1.29, 1.82) is 0 Å². The third kappa shape index (κ3) is 4.19. The molecule has 2 unspecified atom stereocenters. The summed E-state index contributed by atoms with van der Waals surface area (Å²) < 4.78 is 0. The predicted molar refractivity (Wildman–Crippen MR) is 127 cm³/mol. The van der Waals surface area contributed by atoms with Gasteiger partial charge in [0.05, 0.1) is 12.1 Å². The van der Waals surface area contributed by atoms with Crippen molar-refractivity contribution < 1.29 is 10.2 Å². The third-order valence-electron chi connectivity index (χ3n) is 6.65. The maximum absolute atomic E-state index is 11.8. The molecule has 0 bridgehead atoms. The summed E-state index contributed by atoms with van der Waals surface area (Å²) in [7, 11) is 0. The Kier molecular flexibility index (Phi) is 5.80. The summed E-state index contributed by atoms with van der Waals surface area (Å²) in [6.45, 7) is 8.44. The van der Waals surface area contributed by atoms with Crippen LogP contribution in [-0.2, 0) is 6.42 Å². The Balaban J connectivity index is 1.69. The number of benzene rings is 2. The minimum Gasteiger partial charge on any atom is -0.388 e. The first-order valence-corrected chi connectivity index (χ1v) is 11.4. The van der Waals surface area contributed by atoms with Gasteiger partial charge in [-0.15, -0.1) is 0 Å². The monoisotopic (exact) mass is 418 g/mol. The summed E-state index contributed by atoms with van der Waals surface area (Å²) in [5.41, 5.74) is 4.66. The van der Waals surface area contributed by atoms with Crippen molar-refractivity contribution in [2.24, 2.45) is 4.99 Å². The normalized spacial score (nSPS) is 25.6. The number of unbranched alkanes of at least 4 members (excludes halogenated alkanes) is 1. The Labute approximate surface area is 186 Å². The predicted octanol–water partition coefficient (Wildman–Crippen LogP) is 5.23. The van der Waals surface area contributed by atoms with Gasteiger partial charge >= 0.3 is 0 Å². The van der Waals surface area contributed by atoms with Crippen LogP contribution < -0.4 is 0 Å². The van der Waals surface area contributed by atoms with E-state index in [2.05, 4.69) is 62.4 Å². The number of allylic oxidation sites excluding steroid dienone is 1. The molecule has 2 aliphatic heterocycles. The van der Waals surface area contributed by atoms with Gasteiger partial charge in [0.15, 0.2) is 5.72 Å². The van der Waals surface area contributed by atoms with Crippen molar-refractivity contribution in [3.8, 4) is 11.1 Å². The summed E-state index contributed by atoms with van der Waals surface area (Å²) in [4.78, 5) is 6.77. The van der Waals surface area contributed by atoms with Gasteiger partial charge in [0.2, 0.25) is 0 Å². The average molecular weight is 419 g/mol. The molecule has 2 N–H and O–H groups in total. The van der Waals surface area contributed by atoms with Gasteiger partial charge in [-0.05, 0) is 55.9 Å². The first-order chi connectivity index (χ1) is 14.7. The fourth-order valence-electron chi connectivity index (χ4n) is 5.06. The maximum atomic E-state index is 11.8. The zero-order chi connectivity index (χ0) is 22.2. The molecule has 4 nitrogen and oxygen atoms in total. The summed E-state index contributed by atoms with van der Waals surface area (Å²) in [5, 5.41) is 22.6. The molecule has 2 aliphatic rings. The minimum absolute atomic E-state index is 0.305. The number of aliphatic imine (C=N–C) groups is 1. The van der Waals surface area contributed by atoms with E-state index in [0.717, 1.165) is 41.9 Å². The van der Waals surface area contributed by atoms with Gasteiger partial charge in [0, 0.05) is 24.1 Å². The molecule has 2 aromatic rings. The summed E-state index contributed by atoms with van der Waals surface area (Å²) in [6, 6.07) is 17.0. The number of rotatable bonds is 6. The third-order valence-corrected chi connectivity index (χ3v) is 6.65. The van der Waals surface area contributed by atoms with Crippen LogP contribution in [0.4, 0.5) is 0 Å². The van der Waals surface area contributed by atoms with E-state index in [-0.39, 0.29) is 0 Å². The quantitative estimate of drug-likeness (QED) is 0.676. The van der Waals surface area contributed by atoms with Gasteiger partial charge in [0.25, 0.3) is 0 Å². The van der Waals surface area contributed by atoms with Crippen LogP contribution in [0.25, 0.3) is 11.1 Å². The van der Waals surface area contributed by atoms with E-state index in [1.807, 2.05) is 11.8 Å². The molecule has 0 aromatic heterocycles. The Hall–Kier alpha value is -2.43. The molecule has 31 heavy (non-hydrogen) atoms. The van der Waals surface area contributed by atoms with Crippen LogP contribution in [0.15, 0.2) is 64.8 Å². The topological polar surface area (TPSA) is 56.1 Å². The fourth-order valence-corrected chi connectivity index (χ4v) is 5.06. The van der Waals surface area contributed by atoms with Gasteiger partial charge in [0.1, 0.15) is 5.84 Å². The molecule has 1 fully saturated rings. The van der Waals surface area contributed by atoms with Crippen LogP contribution in [0.3, 0.4) is 0 Å². The Morgan fingerprint density at radius 1 is 1.03 bits per heavy atom. The Morgan fingerprint density at radius 3 is 2.42 bits per heavy atom. The highest BCUT2D eigenvalue weighted by molar-refractivity contribution is 5.84. The lowest BCUT2D eigenvalue weighted by Crippen LogP contribution is -2.50. The van der Waals surface area contributed by atoms with Crippen molar-refractivity contribution in [2.75, 3.05) is 6.54 Å². The lowest BCUT2D eigenvalue weighted by atomic mass is 9.86. The van der Waals surface area contributed by atoms with Crippen molar-refractivity contribution in [2.45, 2.75) is 71.1 Å². The molecule has 2 aromatic carbocycles. The average Bonchev–Trinajstić information content (AvgIpc) is 3.00. The van der Waals surface area contributed by atoms with Crippen molar-refractivity contribution in [3.63, 3.8) is 0 Å². The smallest absolute Gasteiger partial charge is 0.166 e. The zero-order valence-corrected chi connectivity index (χ0v) is 19.2.